The average Bonchev–Trinajstić information content (AvgIpc) is 2.96. The number of aromatic carboxylic acids is 1. The molecule has 1 aromatic heterocycles. The van der Waals surface area contributed by atoms with Gasteiger partial charge in [-0.2, -0.15) is 0 Å². The number of nitrogens with zero attached hydrogens (tertiary/aromatic N) is 2. The SMILES string of the molecule is CCCCc1c(C)n(CC(C)C)c(=O)n1Cc1ccc(-c2ccccc2)c(C(=O)O)c1. The van der Waals surface area contributed by atoms with E-state index >= 15 is 0 Å². The van der Waals surface area contributed by atoms with E-state index in [-0.39, 0.29) is 11.3 Å². The molecular weight excluding hydrogens is 388 g/mol. The quantitative estimate of drug-likeness (QED) is 0.506. The predicted octanol–water partition coefficient (Wildman–Crippen LogP) is 5.37. The Balaban J connectivity index is 2.04. The fourth-order valence-corrected chi connectivity index (χ4v) is 4.08. The number of benzene rings is 2. The lowest BCUT2D eigenvalue weighted by Gasteiger charge is -2.12. The molecule has 0 aliphatic heterocycles. The van der Waals surface area contributed by atoms with Crippen LogP contribution >= 0.6 is 0 Å². The molecule has 0 aliphatic carbocycles. The minimum absolute atomic E-state index is 0.0127. The molecule has 0 unspecified atom stereocenters. The summed E-state index contributed by atoms with van der Waals surface area (Å²) in [7, 11) is 0. The number of carboxylic acid groups (broad SMARTS) is 1. The van der Waals surface area contributed by atoms with Crippen LogP contribution in [0, 0.1) is 12.8 Å². The highest BCUT2D eigenvalue weighted by Gasteiger charge is 2.19. The molecule has 164 valence electrons. The van der Waals surface area contributed by atoms with Gasteiger partial charge in [-0.25, -0.2) is 9.59 Å². The maximum Gasteiger partial charge on any atom is 0.336 e. The van der Waals surface area contributed by atoms with Gasteiger partial charge in [-0.05, 0) is 48.4 Å². The Labute approximate surface area is 184 Å². The number of aromatic nitrogens is 2. The highest BCUT2D eigenvalue weighted by atomic mass is 16.4. The van der Waals surface area contributed by atoms with Gasteiger partial charge >= 0.3 is 11.7 Å². The first-order chi connectivity index (χ1) is 14.8. The zero-order valence-corrected chi connectivity index (χ0v) is 18.9. The Hall–Kier alpha value is -3.08. The molecule has 5 nitrogen and oxygen atoms in total. The molecule has 2 aromatic carbocycles. The van der Waals surface area contributed by atoms with E-state index in [0.29, 0.717) is 24.6 Å². The molecule has 0 amide bonds. The number of carbonyl (C=O) groups is 1. The Bertz CT molecular complexity index is 1110. The third kappa shape index (κ3) is 4.98. The van der Waals surface area contributed by atoms with E-state index in [1.54, 1.807) is 6.07 Å². The van der Waals surface area contributed by atoms with E-state index < -0.39 is 5.97 Å². The van der Waals surface area contributed by atoms with Gasteiger partial charge in [0.05, 0.1) is 12.1 Å². The van der Waals surface area contributed by atoms with Crippen molar-refractivity contribution in [3.8, 4) is 11.1 Å². The van der Waals surface area contributed by atoms with Crippen LogP contribution in [0.3, 0.4) is 0 Å². The minimum Gasteiger partial charge on any atom is -0.478 e. The van der Waals surface area contributed by atoms with Gasteiger partial charge in [0.2, 0.25) is 0 Å². The van der Waals surface area contributed by atoms with Crippen LogP contribution in [0.2, 0.25) is 0 Å². The highest BCUT2D eigenvalue weighted by Crippen LogP contribution is 2.25. The first-order valence-corrected chi connectivity index (χ1v) is 11.0. The normalized spacial score (nSPS) is 11.3. The van der Waals surface area contributed by atoms with Gasteiger partial charge in [0.1, 0.15) is 0 Å². The Kier molecular flexibility index (Phi) is 7.16. The zero-order valence-electron chi connectivity index (χ0n) is 18.9. The van der Waals surface area contributed by atoms with Crippen LogP contribution in [0.1, 0.15) is 60.9 Å². The maximum absolute atomic E-state index is 13.2. The van der Waals surface area contributed by atoms with E-state index in [1.807, 2.05) is 58.5 Å². The van der Waals surface area contributed by atoms with Gasteiger partial charge in [0.25, 0.3) is 0 Å². The number of rotatable bonds is 9. The molecule has 0 bridgehead atoms. The molecule has 0 aliphatic rings. The molecule has 0 saturated heterocycles. The lowest BCUT2D eigenvalue weighted by molar-refractivity contribution is 0.0697. The maximum atomic E-state index is 13.2. The summed E-state index contributed by atoms with van der Waals surface area (Å²) in [6.07, 6.45) is 2.91. The molecule has 31 heavy (non-hydrogen) atoms. The highest BCUT2D eigenvalue weighted by molar-refractivity contribution is 5.96. The molecule has 5 heteroatoms. The van der Waals surface area contributed by atoms with Crippen LogP contribution in [0.15, 0.2) is 53.3 Å². The van der Waals surface area contributed by atoms with E-state index in [9.17, 15) is 14.7 Å². The van der Waals surface area contributed by atoms with Crippen LogP contribution in [-0.4, -0.2) is 20.2 Å². The smallest absolute Gasteiger partial charge is 0.336 e. The molecule has 0 saturated carbocycles. The van der Waals surface area contributed by atoms with Crippen molar-refractivity contribution in [2.24, 2.45) is 5.92 Å². The van der Waals surface area contributed by atoms with Gasteiger partial charge in [-0.15, -0.1) is 0 Å². The van der Waals surface area contributed by atoms with Crippen molar-refractivity contribution in [1.82, 2.24) is 9.13 Å². The monoisotopic (exact) mass is 420 g/mol. The van der Waals surface area contributed by atoms with E-state index in [0.717, 1.165) is 41.8 Å². The third-order valence-electron chi connectivity index (χ3n) is 5.66. The van der Waals surface area contributed by atoms with Crippen molar-refractivity contribution in [1.29, 1.82) is 0 Å². The second-order valence-corrected chi connectivity index (χ2v) is 8.56. The van der Waals surface area contributed by atoms with Gasteiger partial charge in [-0.1, -0.05) is 69.7 Å². The van der Waals surface area contributed by atoms with E-state index in [2.05, 4.69) is 20.8 Å². The fourth-order valence-electron chi connectivity index (χ4n) is 4.08. The molecule has 0 radical (unpaired) electrons. The van der Waals surface area contributed by atoms with Crippen LogP contribution < -0.4 is 5.69 Å². The number of hydrogen-bond acceptors (Lipinski definition) is 2. The number of imidazole rings is 1. The summed E-state index contributed by atoms with van der Waals surface area (Å²) in [6.45, 7) is 9.44. The number of unbranched alkanes of at least 4 members (excludes halogenated alkanes) is 1. The lowest BCUT2D eigenvalue weighted by atomic mass is 9.97. The largest absolute Gasteiger partial charge is 0.478 e. The van der Waals surface area contributed by atoms with Crippen LogP contribution in [0.25, 0.3) is 11.1 Å². The first-order valence-electron chi connectivity index (χ1n) is 11.0. The summed E-state index contributed by atoms with van der Waals surface area (Å²) in [5.41, 5.74) is 4.68. The van der Waals surface area contributed by atoms with Crippen LogP contribution in [0.4, 0.5) is 0 Å². The predicted molar refractivity (Wildman–Crippen MR) is 125 cm³/mol. The van der Waals surface area contributed by atoms with E-state index in [1.165, 1.54) is 0 Å². The zero-order chi connectivity index (χ0) is 22.5. The lowest BCUT2D eigenvalue weighted by Crippen LogP contribution is -2.27. The summed E-state index contributed by atoms with van der Waals surface area (Å²) >= 11 is 0. The van der Waals surface area contributed by atoms with Crippen molar-refractivity contribution >= 4 is 5.97 Å². The second kappa shape index (κ2) is 9.82. The topological polar surface area (TPSA) is 64.2 Å². The molecule has 3 aromatic rings. The summed E-state index contributed by atoms with van der Waals surface area (Å²) in [5.74, 6) is -0.595. The minimum atomic E-state index is -0.965. The Morgan fingerprint density at radius 3 is 2.39 bits per heavy atom. The molecule has 3 rings (SSSR count). The third-order valence-corrected chi connectivity index (χ3v) is 5.66. The van der Waals surface area contributed by atoms with Crippen LogP contribution in [0.5, 0.6) is 0 Å². The summed E-state index contributed by atoms with van der Waals surface area (Å²) in [6, 6.07) is 15.0. The Morgan fingerprint density at radius 2 is 1.77 bits per heavy atom. The van der Waals surface area contributed by atoms with Crippen molar-refractivity contribution in [3.05, 3.63) is 81.5 Å². The number of carboxylic acids is 1. The molecule has 0 spiro atoms. The molecule has 0 fully saturated rings. The second-order valence-electron chi connectivity index (χ2n) is 8.56. The molecular formula is C26H32N2O3. The summed E-state index contributed by atoms with van der Waals surface area (Å²) in [5, 5.41) is 9.82. The van der Waals surface area contributed by atoms with Crippen molar-refractivity contribution in [2.75, 3.05) is 0 Å². The van der Waals surface area contributed by atoms with Crippen molar-refractivity contribution < 1.29 is 9.90 Å². The summed E-state index contributed by atoms with van der Waals surface area (Å²) in [4.78, 5) is 25.2. The molecule has 1 heterocycles. The van der Waals surface area contributed by atoms with Gasteiger partial charge in [0, 0.05) is 17.9 Å². The number of hydrogen-bond donors (Lipinski definition) is 1. The van der Waals surface area contributed by atoms with E-state index in [4.69, 9.17) is 0 Å². The first kappa shape index (κ1) is 22.6. The van der Waals surface area contributed by atoms with Crippen molar-refractivity contribution in [3.63, 3.8) is 0 Å². The van der Waals surface area contributed by atoms with Crippen molar-refractivity contribution in [2.45, 2.75) is 60.0 Å². The Morgan fingerprint density at radius 1 is 1.06 bits per heavy atom. The molecule has 1 N–H and O–H groups in total. The van der Waals surface area contributed by atoms with Gasteiger partial charge in [-0.3, -0.25) is 9.13 Å². The standard InChI is InChI=1S/C26H32N2O3/c1-5-6-12-24-19(4)27(16-18(2)3)26(31)28(24)17-20-13-14-22(23(15-20)25(29)30)21-10-8-7-9-11-21/h7-11,13-15,18H,5-6,12,16-17H2,1-4H3,(H,29,30). The van der Waals surface area contributed by atoms with Gasteiger partial charge in [0.15, 0.2) is 0 Å². The van der Waals surface area contributed by atoms with Gasteiger partial charge < -0.3 is 5.11 Å². The average molecular weight is 421 g/mol. The van der Waals surface area contributed by atoms with Crippen LogP contribution in [-0.2, 0) is 19.5 Å². The summed E-state index contributed by atoms with van der Waals surface area (Å²) < 4.78 is 3.70. The molecule has 0 atom stereocenters. The fraction of sp³-hybridized carbons (Fsp3) is 0.385.